The molecule has 1 aromatic carbocycles. The van der Waals surface area contributed by atoms with E-state index in [0.717, 1.165) is 37.1 Å². The Morgan fingerprint density at radius 3 is 2.61 bits per heavy atom. The number of aryl methyl sites for hydroxylation is 1. The molecule has 0 bridgehead atoms. The molecule has 0 unspecified atom stereocenters. The molecule has 1 aliphatic heterocycles. The Bertz CT molecular complexity index is 994. The van der Waals surface area contributed by atoms with E-state index in [2.05, 4.69) is 4.98 Å². The van der Waals surface area contributed by atoms with Crippen LogP contribution in [0.3, 0.4) is 0 Å². The first-order chi connectivity index (χ1) is 13.4. The quantitative estimate of drug-likeness (QED) is 0.727. The van der Waals surface area contributed by atoms with Crippen LogP contribution in [0.2, 0.25) is 5.02 Å². The van der Waals surface area contributed by atoms with E-state index in [-0.39, 0.29) is 17.0 Å². The van der Waals surface area contributed by atoms with E-state index in [1.54, 1.807) is 12.1 Å². The molecule has 4 rings (SSSR count). The van der Waals surface area contributed by atoms with Crippen LogP contribution < -0.4 is 9.47 Å². The molecule has 0 spiro atoms. The van der Waals surface area contributed by atoms with E-state index in [1.807, 2.05) is 18.4 Å². The van der Waals surface area contributed by atoms with Crippen molar-refractivity contribution in [3.8, 4) is 11.5 Å². The van der Waals surface area contributed by atoms with Crippen LogP contribution in [0.4, 0.5) is 0 Å². The SMILES string of the molecule is Cc1nc(S(=O)(=O)Cc2cc(Cl)c3c(c2)OCCO3)n(C2CCCCC2)c1C. The van der Waals surface area contributed by atoms with Gasteiger partial charge >= 0.3 is 0 Å². The molecule has 28 heavy (non-hydrogen) atoms. The van der Waals surface area contributed by atoms with Crippen LogP contribution in [0.15, 0.2) is 17.3 Å². The first-order valence-electron chi connectivity index (χ1n) is 9.73. The summed E-state index contributed by atoms with van der Waals surface area (Å²) in [6.45, 7) is 4.68. The molecular weight excluding hydrogens is 400 g/mol. The average Bonchev–Trinajstić information content (AvgIpc) is 2.98. The van der Waals surface area contributed by atoms with Gasteiger partial charge in [0.05, 0.1) is 16.5 Å². The zero-order chi connectivity index (χ0) is 19.9. The van der Waals surface area contributed by atoms with E-state index >= 15 is 0 Å². The molecule has 1 aliphatic carbocycles. The van der Waals surface area contributed by atoms with E-state index in [4.69, 9.17) is 21.1 Å². The molecule has 2 aliphatic rings. The van der Waals surface area contributed by atoms with Crippen LogP contribution in [-0.2, 0) is 15.6 Å². The molecule has 0 saturated heterocycles. The van der Waals surface area contributed by atoms with Crippen molar-refractivity contribution < 1.29 is 17.9 Å². The number of benzene rings is 1. The minimum Gasteiger partial charge on any atom is -0.486 e. The fraction of sp³-hybridized carbons (Fsp3) is 0.550. The zero-order valence-electron chi connectivity index (χ0n) is 16.2. The summed E-state index contributed by atoms with van der Waals surface area (Å²) in [5.74, 6) is 0.794. The summed E-state index contributed by atoms with van der Waals surface area (Å²) in [4.78, 5) is 4.45. The Labute approximate surface area is 170 Å². The number of halogens is 1. The molecule has 8 heteroatoms. The normalized spacial score (nSPS) is 17.7. The lowest BCUT2D eigenvalue weighted by Gasteiger charge is -2.26. The molecule has 0 amide bonds. The summed E-state index contributed by atoms with van der Waals surface area (Å²) in [5, 5.41) is 0.533. The summed E-state index contributed by atoms with van der Waals surface area (Å²) >= 11 is 6.28. The molecule has 1 aromatic heterocycles. The standard InChI is InChI=1S/C20H25ClN2O4S/c1-13-14(2)23(16-6-4-3-5-7-16)20(22-13)28(24,25)12-15-10-17(21)19-18(11-15)26-8-9-27-19/h10-11,16H,3-9,12H2,1-2H3. The average molecular weight is 425 g/mol. The molecule has 2 heterocycles. The van der Waals surface area contributed by atoms with Crippen LogP contribution in [0.25, 0.3) is 0 Å². The van der Waals surface area contributed by atoms with Gasteiger partial charge in [-0.2, -0.15) is 0 Å². The number of imidazole rings is 1. The number of hydrogen-bond donors (Lipinski definition) is 0. The summed E-state index contributed by atoms with van der Waals surface area (Å²) in [6, 6.07) is 3.54. The minimum atomic E-state index is -3.64. The van der Waals surface area contributed by atoms with Gasteiger partial charge in [0.15, 0.2) is 11.5 Å². The number of fused-ring (bicyclic) bond motifs is 1. The van der Waals surface area contributed by atoms with E-state index in [1.165, 1.54) is 6.42 Å². The molecule has 0 N–H and O–H groups in total. The van der Waals surface area contributed by atoms with Gasteiger partial charge < -0.3 is 14.0 Å². The second kappa shape index (κ2) is 7.59. The van der Waals surface area contributed by atoms with Gasteiger partial charge in [0.1, 0.15) is 13.2 Å². The van der Waals surface area contributed by atoms with Crippen molar-refractivity contribution in [2.24, 2.45) is 0 Å². The summed E-state index contributed by atoms with van der Waals surface area (Å²) in [6.07, 6.45) is 5.45. The first kappa shape index (κ1) is 19.6. The van der Waals surface area contributed by atoms with Crippen LogP contribution in [0.1, 0.15) is 55.1 Å². The number of rotatable bonds is 4. The number of sulfone groups is 1. The Hall–Kier alpha value is -1.73. The van der Waals surface area contributed by atoms with E-state index < -0.39 is 9.84 Å². The molecule has 6 nitrogen and oxygen atoms in total. The van der Waals surface area contributed by atoms with Crippen molar-refractivity contribution in [3.63, 3.8) is 0 Å². The van der Waals surface area contributed by atoms with Gasteiger partial charge in [-0.1, -0.05) is 30.9 Å². The minimum absolute atomic E-state index is 0.167. The number of aromatic nitrogens is 2. The lowest BCUT2D eigenvalue weighted by atomic mass is 9.95. The molecule has 0 atom stereocenters. The molecule has 2 aromatic rings. The molecule has 0 radical (unpaired) electrons. The second-order valence-electron chi connectivity index (χ2n) is 7.59. The summed E-state index contributed by atoms with van der Waals surface area (Å²) < 4.78 is 39.7. The molecule has 1 saturated carbocycles. The van der Waals surface area contributed by atoms with Crippen molar-refractivity contribution in [1.29, 1.82) is 0 Å². The number of ether oxygens (including phenoxy) is 2. The predicted octanol–water partition coefficient (Wildman–Crippen LogP) is 4.40. The van der Waals surface area contributed by atoms with Crippen molar-refractivity contribution >= 4 is 21.4 Å². The monoisotopic (exact) mass is 424 g/mol. The number of nitrogens with zero attached hydrogens (tertiary/aromatic N) is 2. The van der Waals surface area contributed by atoms with Gasteiger partial charge in [0, 0.05) is 11.7 Å². The molecular formula is C20H25ClN2O4S. The Morgan fingerprint density at radius 2 is 1.86 bits per heavy atom. The maximum Gasteiger partial charge on any atom is 0.228 e. The van der Waals surface area contributed by atoms with Crippen LogP contribution >= 0.6 is 11.6 Å². The Kier molecular flexibility index (Phi) is 5.31. The number of hydrogen-bond acceptors (Lipinski definition) is 5. The van der Waals surface area contributed by atoms with Crippen molar-refractivity contribution in [3.05, 3.63) is 34.1 Å². The van der Waals surface area contributed by atoms with Crippen molar-refractivity contribution in [2.75, 3.05) is 13.2 Å². The highest BCUT2D eigenvalue weighted by molar-refractivity contribution is 7.90. The summed E-state index contributed by atoms with van der Waals surface area (Å²) in [7, 11) is -3.64. The smallest absolute Gasteiger partial charge is 0.228 e. The predicted molar refractivity (Wildman–Crippen MR) is 107 cm³/mol. The first-order valence-corrected chi connectivity index (χ1v) is 11.8. The van der Waals surface area contributed by atoms with Gasteiger partial charge in [-0.05, 0) is 44.4 Å². The van der Waals surface area contributed by atoms with Gasteiger partial charge in [0.25, 0.3) is 0 Å². The Morgan fingerprint density at radius 1 is 1.14 bits per heavy atom. The van der Waals surface area contributed by atoms with E-state index in [0.29, 0.717) is 35.3 Å². The molecule has 1 fully saturated rings. The fourth-order valence-electron chi connectivity index (χ4n) is 4.12. The van der Waals surface area contributed by atoms with Crippen molar-refractivity contribution in [2.45, 2.75) is 62.9 Å². The third-order valence-electron chi connectivity index (χ3n) is 5.59. The topological polar surface area (TPSA) is 70.4 Å². The van der Waals surface area contributed by atoms with Crippen molar-refractivity contribution in [1.82, 2.24) is 9.55 Å². The zero-order valence-corrected chi connectivity index (χ0v) is 17.8. The van der Waals surface area contributed by atoms with Gasteiger partial charge in [-0.15, -0.1) is 0 Å². The van der Waals surface area contributed by atoms with Crippen LogP contribution in [0.5, 0.6) is 11.5 Å². The second-order valence-corrected chi connectivity index (χ2v) is 9.88. The maximum atomic E-state index is 13.3. The van der Waals surface area contributed by atoms with Crippen LogP contribution in [-0.4, -0.2) is 31.2 Å². The van der Waals surface area contributed by atoms with Gasteiger partial charge in [-0.3, -0.25) is 0 Å². The van der Waals surface area contributed by atoms with E-state index in [9.17, 15) is 8.42 Å². The lowest BCUT2D eigenvalue weighted by molar-refractivity contribution is 0.171. The summed E-state index contributed by atoms with van der Waals surface area (Å²) in [5.41, 5.74) is 2.28. The van der Waals surface area contributed by atoms with Crippen LogP contribution in [0, 0.1) is 13.8 Å². The highest BCUT2D eigenvalue weighted by Crippen LogP contribution is 2.39. The highest BCUT2D eigenvalue weighted by atomic mass is 35.5. The van der Waals surface area contributed by atoms with Gasteiger partial charge in [0.2, 0.25) is 15.0 Å². The third-order valence-corrected chi connectivity index (χ3v) is 7.42. The highest BCUT2D eigenvalue weighted by Gasteiger charge is 2.30. The lowest BCUT2D eigenvalue weighted by Crippen LogP contribution is -2.20. The largest absolute Gasteiger partial charge is 0.486 e. The maximum absolute atomic E-state index is 13.3. The van der Waals surface area contributed by atoms with Gasteiger partial charge in [-0.25, -0.2) is 13.4 Å². The Balaban J connectivity index is 1.70. The fourth-order valence-corrected chi connectivity index (χ4v) is 6.00. The molecule has 152 valence electrons. The third kappa shape index (κ3) is 3.62.